The van der Waals surface area contributed by atoms with Gasteiger partial charge in [-0.05, 0) is 31.2 Å². The molecule has 1 aromatic heterocycles. The molecule has 82 valence electrons. The van der Waals surface area contributed by atoms with Crippen LogP contribution in [0, 0.1) is 6.92 Å². The van der Waals surface area contributed by atoms with Crippen molar-refractivity contribution in [3.05, 3.63) is 41.6 Å². The topological polar surface area (TPSA) is 81.1 Å². The summed E-state index contributed by atoms with van der Waals surface area (Å²) in [6.45, 7) is 1.76. The predicted molar refractivity (Wildman–Crippen MR) is 59.2 cm³/mol. The molecule has 1 aromatic carbocycles. The zero-order valence-electron chi connectivity index (χ0n) is 8.71. The minimum absolute atomic E-state index is 0.112. The highest BCUT2D eigenvalue weighted by Gasteiger charge is 2.12. The first-order valence-electron chi connectivity index (χ1n) is 4.74. The van der Waals surface area contributed by atoms with Gasteiger partial charge >= 0.3 is 0 Å². The molecule has 16 heavy (non-hydrogen) atoms. The summed E-state index contributed by atoms with van der Waals surface area (Å²) in [7, 11) is 0. The summed E-state index contributed by atoms with van der Waals surface area (Å²) in [4.78, 5) is 11.9. The van der Waals surface area contributed by atoms with E-state index in [0.29, 0.717) is 17.1 Å². The number of benzene rings is 1. The molecule has 0 aliphatic rings. The van der Waals surface area contributed by atoms with Gasteiger partial charge in [-0.2, -0.15) is 9.78 Å². The number of nitrogen functional groups attached to an aromatic ring is 1. The van der Waals surface area contributed by atoms with Crippen LogP contribution >= 0.6 is 0 Å². The molecule has 1 heterocycles. The Morgan fingerprint density at radius 1 is 1.38 bits per heavy atom. The first kappa shape index (κ1) is 10.2. The molecule has 0 bridgehead atoms. The van der Waals surface area contributed by atoms with Crippen molar-refractivity contribution in [3.8, 4) is 5.75 Å². The first-order chi connectivity index (χ1) is 7.58. The maximum atomic E-state index is 11.9. The fourth-order valence-electron chi connectivity index (χ4n) is 1.41. The fourth-order valence-corrected chi connectivity index (χ4v) is 1.41. The van der Waals surface area contributed by atoms with Crippen molar-refractivity contribution in [2.45, 2.75) is 6.92 Å². The second kappa shape index (κ2) is 3.69. The monoisotopic (exact) mass is 217 g/mol. The summed E-state index contributed by atoms with van der Waals surface area (Å²) in [6, 6.07) is 7.56. The van der Waals surface area contributed by atoms with Gasteiger partial charge in [0.25, 0.3) is 5.91 Å². The lowest BCUT2D eigenvalue weighted by molar-refractivity contribution is 0.0947. The van der Waals surface area contributed by atoms with E-state index in [0.717, 1.165) is 4.68 Å². The molecule has 5 nitrogen and oxygen atoms in total. The zero-order chi connectivity index (χ0) is 11.7. The van der Waals surface area contributed by atoms with Crippen molar-refractivity contribution in [1.29, 1.82) is 0 Å². The number of nitrogens with two attached hydrogens (primary N) is 1. The van der Waals surface area contributed by atoms with Crippen LogP contribution in [-0.4, -0.2) is 20.8 Å². The van der Waals surface area contributed by atoms with Gasteiger partial charge in [0.2, 0.25) is 0 Å². The molecular formula is C11H11N3O2. The van der Waals surface area contributed by atoms with Crippen LogP contribution in [0.25, 0.3) is 0 Å². The molecule has 0 aliphatic heterocycles. The first-order valence-corrected chi connectivity index (χ1v) is 4.74. The van der Waals surface area contributed by atoms with Crippen molar-refractivity contribution >= 4 is 11.7 Å². The quantitative estimate of drug-likeness (QED) is 0.751. The number of phenols is 1. The number of hydrogen-bond acceptors (Lipinski definition) is 4. The predicted octanol–water partition coefficient (Wildman–Crippen LogP) is 1.17. The van der Waals surface area contributed by atoms with Crippen LogP contribution in [-0.2, 0) is 0 Å². The lowest BCUT2D eigenvalue weighted by Crippen LogP contribution is -2.15. The number of nitrogens with zero attached hydrogens (tertiary/aromatic N) is 2. The van der Waals surface area contributed by atoms with E-state index in [4.69, 9.17) is 10.8 Å². The number of aryl methyl sites for hydroxylation is 1. The molecular weight excluding hydrogens is 206 g/mol. The average molecular weight is 217 g/mol. The highest BCUT2D eigenvalue weighted by molar-refractivity contribution is 5.97. The number of phenolic OH excluding ortho intramolecular Hbond substituents is 1. The van der Waals surface area contributed by atoms with Gasteiger partial charge in [-0.3, -0.25) is 4.79 Å². The Labute approximate surface area is 92.1 Å². The normalized spacial score (nSPS) is 10.3. The second-order valence-corrected chi connectivity index (χ2v) is 3.47. The molecule has 2 rings (SSSR count). The summed E-state index contributed by atoms with van der Waals surface area (Å²) in [6.07, 6.45) is 0. The van der Waals surface area contributed by atoms with Crippen LogP contribution in [0.2, 0.25) is 0 Å². The molecule has 0 saturated carbocycles. The molecule has 0 unspecified atom stereocenters. The van der Waals surface area contributed by atoms with Gasteiger partial charge in [0.05, 0.1) is 5.69 Å². The van der Waals surface area contributed by atoms with E-state index in [1.807, 2.05) is 0 Å². The smallest absolute Gasteiger partial charge is 0.280 e. The van der Waals surface area contributed by atoms with E-state index < -0.39 is 0 Å². The van der Waals surface area contributed by atoms with Gasteiger partial charge < -0.3 is 10.8 Å². The minimum atomic E-state index is -0.314. The van der Waals surface area contributed by atoms with Crippen LogP contribution in [0.4, 0.5) is 5.82 Å². The number of rotatable bonds is 1. The number of carbonyl (C=O) groups excluding carboxylic acids is 1. The van der Waals surface area contributed by atoms with E-state index in [9.17, 15) is 4.79 Å². The Morgan fingerprint density at radius 3 is 2.50 bits per heavy atom. The molecule has 2 aromatic rings. The van der Waals surface area contributed by atoms with Gasteiger partial charge in [-0.1, -0.05) is 0 Å². The Kier molecular flexibility index (Phi) is 2.36. The summed E-state index contributed by atoms with van der Waals surface area (Å²) >= 11 is 0. The van der Waals surface area contributed by atoms with E-state index in [2.05, 4.69) is 5.10 Å². The summed E-state index contributed by atoms with van der Waals surface area (Å²) in [5, 5.41) is 13.1. The SMILES string of the molecule is Cc1cc(N)n(C(=O)c2ccc(O)cc2)n1. The van der Waals surface area contributed by atoms with E-state index >= 15 is 0 Å². The van der Waals surface area contributed by atoms with E-state index in [1.165, 1.54) is 24.3 Å². The Balaban J connectivity index is 2.39. The van der Waals surface area contributed by atoms with Gasteiger partial charge in [0, 0.05) is 11.6 Å². The molecule has 0 atom stereocenters. The number of carbonyl (C=O) groups is 1. The lowest BCUT2D eigenvalue weighted by atomic mass is 10.2. The third kappa shape index (κ3) is 1.75. The van der Waals surface area contributed by atoms with Gasteiger partial charge in [0.1, 0.15) is 11.6 Å². The second-order valence-electron chi connectivity index (χ2n) is 3.47. The van der Waals surface area contributed by atoms with Crippen molar-refractivity contribution < 1.29 is 9.90 Å². The van der Waals surface area contributed by atoms with Crippen LogP contribution in [0.3, 0.4) is 0 Å². The number of anilines is 1. The largest absolute Gasteiger partial charge is 0.508 e. The Morgan fingerprint density at radius 2 is 2.00 bits per heavy atom. The average Bonchev–Trinajstić information content (AvgIpc) is 2.58. The standard InChI is InChI=1S/C11H11N3O2/c1-7-6-10(12)14(13-7)11(16)8-2-4-9(15)5-3-8/h2-6,15H,12H2,1H3. The third-order valence-electron chi connectivity index (χ3n) is 2.17. The lowest BCUT2D eigenvalue weighted by Gasteiger charge is -2.02. The highest BCUT2D eigenvalue weighted by Crippen LogP contribution is 2.13. The number of aromatic hydroxyl groups is 1. The number of aromatic nitrogens is 2. The van der Waals surface area contributed by atoms with Crippen LogP contribution < -0.4 is 5.73 Å². The Bertz CT molecular complexity index is 529. The third-order valence-corrected chi connectivity index (χ3v) is 2.17. The van der Waals surface area contributed by atoms with E-state index in [1.54, 1.807) is 13.0 Å². The summed E-state index contributed by atoms with van der Waals surface area (Å²) in [5.74, 6) is 0.0994. The van der Waals surface area contributed by atoms with Crippen LogP contribution in [0.5, 0.6) is 5.75 Å². The van der Waals surface area contributed by atoms with Crippen molar-refractivity contribution in [2.24, 2.45) is 0 Å². The fraction of sp³-hybridized carbons (Fsp3) is 0.0909. The molecule has 0 saturated heterocycles. The molecule has 5 heteroatoms. The zero-order valence-corrected chi connectivity index (χ0v) is 8.71. The van der Waals surface area contributed by atoms with Crippen molar-refractivity contribution in [3.63, 3.8) is 0 Å². The Hall–Kier alpha value is -2.30. The molecule has 0 fully saturated rings. The van der Waals surface area contributed by atoms with Crippen LogP contribution in [0.1, 0.15) is 16.1 Å². The van der Waals surface area contributed by atoms with Gasteiger partial charge in [-0.25, -0.2) is 0 Å². The van der Waals surface area contributed by atoms with Gasteiger partial charge in [-0.15, -0.1) is 0 Å². The van der Waals surface area contributed by atoms with E-state index in [-0.39, 0.29) is 11.7 Å². The maximum absolute atomic E-state index is 11.9. The summed E-state index contributed by atoms with van der Waals surface area (Å²) in [5.41, 5.74) is 6.75. The molecule has 0 radical (unpaired) electrons. The van der Waals surface area contributed by atoms with Gasteiger partial charge in [0.15, 0.2) is 0 Å². The number of hydrogen-bond donors (Lipinski definition) is 2. The minimum Gasteiger partial charge on any atom is -0.508 e. The summed E-state index contributed by atoms with van der Waals surface area (Å²) < 4.78 is 1.14. The molecule has 0 amide bonds. The molecule has 3 N–H and O–H groups in total. The maximum Gasteiger partial charge on any atom is 0.280 e. The molecule has 0 spiro atoms. The van der Waals surface area contributed by atoms with Crippen molar-refractivity contribution in [2.75, 3.05) is 5.73 Å². The highest BCUT2D eigenvalue weighted by atomic mass is 16.3. The molecule has 0 aliphatic carbocycles. The van der Waals surface area contributed by atoms with Crippen LogP contribution in [0.15, 0.2) is 30.3 Å². The van der Waals surface area contributed by atoms with Crippen molar-refractivity contribution in [1.82, 2.24) is 9.78 Å².